The second-order valence-electron chi connectivity index (χ2n) is 3.81. The fraction of sp³-hybridized carbons (Fsp3) is 0.417. The van der Waals surface area contributed by atoms with Gasteiger partial charge in [-0.1, -0.05) is 12.1 Å². The molecule has 0 aliphatic rings. The van der Waals surface area contributed by atoms with Crippen molar-refractivity contribution in [1.29, 1.82) is 0 Å². The van der Waals surface area contributed by atoms with Gasteiger partial charge in [-0.05, 0) is 24.3 Å². The molecule has 0 aliphatic carbocycles. The van der Waals surface area contributed by atoms with Gasteiger partial charge in [-0.15, -0.1) is 17.9 Å². The predicted molar refractivity (Wildman–Crippen MR) is 74.4 cm³/mol. The summed E-state index contributed by atoms with van der Waals surface area (Å²) in [6, 6.07) is 3.09. The minimum absolute atomic E-state index is 0.00723. The summed E-state index contributed by atoms with van der Waals surface area (Å²) < 4.78 is 25.6. The zero-order valence-electron chi connectivity index (χ0n) is 10.5. The highest BCUT2D eigenvalue weighted by molar-refractivity contribution is 7.91. The Morgan fingerprint density at radius 1 is 1.53 bits per heavy atom. The maximum atomic E-state index is 12.3. The van der Waals surface area contributed by atoms with Crippen molar-refractivity contribution in [3.05, 3.63) is 30.2 Å². The van der Waals surface area contributed by atoms with E-state index in [0.29, 0.717) is 6.42 Å². The lowest BCUT2D eigenvalue weighted by molar-refractivity contribution is -0.126. The molecular formula is C12H17NO4S2. The third-order valence-electron chi connectivity index (χ3n) is 2.40. The van der Waals surface area contributed by atoms with Crippen LogP contribution in [0.2, 0.25) is 0 Å². The van der Waals surface area contributed by atoms with Crippen molar-refractivity contribution in [2.75, 3.05) is 13.2 Å². The molecule has 0 saturated heterocycles. The van der Waals surface area contributed by atoms with Gasteiger partial charge in [0.2, 0.25) is 5.91 Å². The van der Waals surface area contributed by atoms with E-state index in [1.807, 2.05) is 0 Å². The van der Waals surface area contributed by atoms with E-state index < -0.39 is 15.9 Å². The Morgan fingerprint density at radius 2 is 2.26 bits per heavy atom. The Hall–Kier alpha value is -1.18. The third-order valence-corrected chi connectivity index (χ3v) is 5.59. The highest BCUT2D eigenvalue weighted by Crippen LogP contribution is 2.22. The molecule has 0 unspecified atom stereocenters. The standard InChI is InChI=1S/C12H17NO4S2/c1-2-3-6-11(15)13(8-5-9-14)19(16,17)12-7-4-10-18-12/h2,4,7,10,14H,1,3,5-6,8-9H2. The summed E-state index contributed by atoms with van der Waals surface area (Å²) in [6.07, 6.45) is 2.32. The minimum atomic E-state index is -3.80. The van der Waals surface area contributed by atoms with Crippen LogP contribution in [-0.2, 0) is 14.8 Å². The largest absolute Gasteiger partial charge is 0.396 e. The molecule has 1 aromatic heterocycles. The fourth-order valence-electron chi connectivity index (χ4n) is 1.46. The zero-order valence-corrected chi connectivity index (χ0v) is 12.1. The number of amides is 1. The van der Waals surface area contributed by atoms with E-state index in [4.69, 9.17) is 5.11 Å². The molecule has 1 aromatic rings. The van der Waals surface area contributed by atoms with Crippen molar-refractivity contribution >= 4 is 27.3 Å². The number of thiophene rings is 1. The molecule has 1 amide bonds. The van der Waals surface area contributed by atoms with E-state index >= 15 is 0 Å². The highest BCUT2D eigenvalue weighted by Gasteiger charge is 2.28. The molecule has 0 aliphatic heterocycles. The number of allylic oxidation sites excluding steroid dienone is 1. The number of hydrogen-bond donors (Lipinski definition) is 1. The molecule has 0 aromatic carbocycles. The normalized spacial score (nSPS) is 11.2. The number of sulfonamides is 1. The van der Waals surface area contributed by atoms with Crippen LogP contribution in [0.4, 0.5) is 0 Å². The van der Waals surface area contributed by atoms with Crippen LogP contribution >= 0.6 is 11.3 Å². The number of nitrogens with zero attached hydrogens (tertiary/aromatic N) is 1. The van der Waals surface area contributed by atoms with Gasteiger partial charge in [0.15, 0.2) is 0 Å². The first kappa shape index (κ1) is 15.9. The van der Waals surface area contributed by atoms with Gasteiger partial charge in [0.1, 0.15) is 4.21 Å². The van der Waals surface area contributed by atoms with Crippen LogP contribution in [0.3, 0.4) is 0 Å². The lowest BCUT2D eigenvalue weighted by atomic mass is 10.3. The van der Waals surface area contributed by atoms with Gasteiger partial charge in [0.25, 0.3) is 10.0 Å². The quantitative estimate of drug-likeness (QED) is 0.740. The van der Waals surface area contributed by atoms with Crippen LogP contribution in [0.5, 0.6) is 0 Å². The van der Waals surface area contributed by atoms with Crippen molar-refractivity contribution in [3.63, 3.8) is 0 Å². The van der Waals surface area contributed by atoms with Crippen LogP contribution in [0.15, 0.2) is 34.4 Å². The van der Waals surface area contributed by atoms with Gasteiger partial charge in [-0.25, -0.2) is 12.7 Å². The van der Waals surface area contributed by atoms with E-state index in [1.165, 1.54) is 6.07 Å². The second-order valence-corrected chi connectivity index (χ2v) is 6.84. The van der Waals surface area contributed by atoms with Gasteiger partial charge < -0.3 is 5.11 Å². The van der Waals surface area contributed by atoms with Gasteiger partial charge in [-0.3, -0.25) is 4.79 Å². The molecule has 1 N–H and O–H groups in total. The smallest absolute Gasteiger partial charge is 0.275 e. The van der Waals surface area contributed by atoms with Gasteiger partial charge in [0, 0.05) is 19.6 Å². The Labute approximate surface area is 117 Å². The first-order valence-electron chi connectivity index (χ1n) is 5.85. The monoisotopic (exact) mass is 303 g/mol. The summed E-state index contributed by atoms with van der Waals surface area (Å²) in [5.41, 5.74) is 0. The molecule has 106 valence electrons. The molecule has 0 radical (unpaired) electrons. The molecule has 0 bridgehead atoms. The summed E-state index contributed by atoms with van der Waals surface area (Å²) in [4.78, 5) is 12.0. The third kappa shape index (κ3) is 4.15. The molecule has 0 atom stereocenters. The van der Waals surface area contributed by atoms with Crippen molar-refractivity contribution in [3.8, 4) is 0 Å². The molecular weight excluding hydrogens is 286 g/mol. The van der Waals surface area contributed by atoms with E-state index in [1.54, 1.807) is 17.5 Å². The summed E-state index contributed by atoms with van der Waals surface area (Å²) in [5, 5.41) is 10.5. The Bertz CT molecular complexity index is 508. The molecule has 0 spiro atoms. The average molecular weight is 303 g/mol. The van der Waals surface area contributed by atoms with Crippen LogP contribution in [0.25, 0.3) is 0 Å². The topological polar surface area (TPSA) is 74.7 Å². The highest BCUT2D eigenvalue weighted by atomic mass is 32.2. The summed E-state index contributed by atoms with van der Waals surface area (Å²) in [5.74, 6) is -0.471. The molecule has 0 saturated carbocycles. The van der Waals surface area contributed by atoms with Crippen molar-refractivity contribution in [2.45, 2.75) is 23.5 Å². The van der Waals surface area contributed by atoms with Gasteiger partial charge >= 0.3 is 0 Å². The Kier molecular flexibility index (Phi) is 6.20. The molecule has 1 rings (SSSR count). The molecule has 7 heteroatoms. The van der Waals surface area contributed by atoms with E-state index in [9.17, 15) is 13.2 Å². The van der Waals surface area contributed by atoms with Gasteiger partial charge in [0.05, 0.1) is 0 Å². The first-order valence-corrected chi connectivity index (χ1v) is 8.17. The van der Waals surface area contributed by atoms with E-state index in [0.717, 1.165) is 15.6 Å². The summed E-state index contributed by atoms with van der Waals surface area (Å²) in [7, 11) is -3.80. The first-order chi connectivity index (χ1) is 9.04. The maximum absolute atomic E-state index is 12.3. The van der Waals surface area contributed by atoms with Crippen LogP contribution in [0.1, 0.15) is 19.3 Å². The molecule has 19 heavy (non-hydrogen) atoms. The van der Waals surface area contributed by atoms with E-state index in [-0.39, 0.29) is 30.2 Å². The lowest BCUT2D eigenvalue weighted by Crippen LogP contribution is -2.37. The summed E-state index contributed by atoms with van der Waals surface area (Å²) in [6.45, 7) is 3.34. The maximum Gasteiger partial charge on any atom is 0.275 e. The summed E-state index contributed by atoms with van der Waals surface area (Å²) >= 11 is 1.07. The number of carbonyl (C=O) groups excluding carboxylic acids is 1. The SMILES string of the molecule is C=CCCC(=O)N(CCCO)S(=O)(=O)c1cccs1. The van der Waals surface area contributed by atoms with Crippen molar-refractivity contribution in [1.82, 2.24) is 4.31 Å². The number of aliphatic hydroxyl groups excluding tert-OH is 1. The molecule has 1 heterocycles. The zero-order chi connectivity index (χ0) is 14.3. The average Bonchev–Trinajstić information content (AvgIpc) is 2.91. The fourth-order valence-corrected chi connectivity index (χ4v) is 4.03. The molecule has 5 nitrogen and oxygen atoms in total. The Morgan fingerprint density at radius 3 is 2.79 bits per heavy atom. The molecule has 0 fully saturated rings. The number of aliphatic hydroxyl groups is 1. The van der Waals surface area contributed by atoms with Crippen LogP contribution in [-0.4, -0.2) is 36.9 Å². The van der Waals surface area contributed by atoms with Crippen molar-refractivity contribution in [2.24, 2.45) is 0 Å². The van der Waals surface area contributed by atoms with Gasteiger partial charge in [-0.2, -0.15) is 0 Å². The Balaban J connectivity index is 2.96. The second kappa shape index (κ2) is 7.42. The number of carbonyl (C=O) groups is 1. The van der Waals surface area contributed by atoms with Crippen LogP contribution in [0, 0.1) is 0 Å². The van der Waals surface area contributed by atoms with E-state index in [2.05, 4.69) is 6.58 Å². The lowest BCUT2D eigenvalue weighted by Gasteiger charge is -2.21. The van der Waals surface area contributed by atoms with Crippen LogP contribution < -0.4 is 0 Å². The van der Waals surface area contributed by atoms with Crippen molar-refractivity contribution < 1.29 is 18.3 Å². The number of rotatable bonds is 8. The predicted octanol–water partition coefficient (Wildman–Crippen LogP) is 1.61. The minimum Gasteiger partial charge on any atom is -0.396 e. The number of hydrogen-bond acceptors (Lipinski definition) is 5.